The minimum Gasteiger partial charge on any atom is -0.497 e. The van der Waals surface area contributed by atoms with E-state index in [9.17, 15) is 4.79 Å². The van der Waals surface area contributed by atoms with Gasteiger partial charge in [0.05, 0.1) is 14.2 Å². The average molecular weight is 323 g/mol. The van der Waals surface area contributed by atoms with E-state index < -0.39 is 0 Å². The Morgan fingerprint density at radius 1 is 1.12 bits per heavy atom. The number of anilines is 1. The lowest BCUT2D eigenvalue weighted by Crippen LogP contribution is -2.08. The van der Waals surface area contributed by atoms with Gasteiger partial charge in [-0.05, 0) is 35.4 Å². The maximum absolute atomic E-state index is 12.5. The van der Waals surface area contributed by atoms with Crippen LogP contribution in [-0.4, -0.2) is 20.0 Å². The molecule has 1 N–H and O–H groups in total. The molecule has 0 amide bonds. The van der Waals surface area contributed by atoms with Crippen LogP contribution >= 0.6 is 0 Å². The number of rotatable bonds is 6. The monoisotopic (exact) mass is 323 g/mol. The highest BCUT2D eigenvalue weighted by Crippen LogP contribution is 2.28. The SMILES string of the molecule is C=C1Cc2cc(CC(=O)Cc3cc(OC)ccc3OC)ccc2N1. The summed E-state index contributed by atoms with van der Waals surface area (Å²) < 4.78 is 10.6. The zero-order chi connectivity index (χ0) is 17.1. The Morgan fingerprint density at radius 3 is 2.71 bits per heavy atom. The van der Waals surface area contributed by atoms with Gasteiger partial charge < -0.3 is 14.8 Å². The van der Waals surface area contributed by atoms with Crippen molar-refractivity contribution < 1.29 is 14.3 Å². The number of hydrogen-bond donors (Lipinski definition) is 1. The Bertz CT molecular complexity index is 795. The lowest BCUT2D eigenvalue weighted by Gasteiger charge is -2.10. The normalized spacial score (nSPS) is 12.5. The van der Waals surface area contributed by atoms with Gasteiger partial charge in [0.1, 0.15) is 17.3 Å². The third-order valence-electron chi connectivity index (χ3n) is 4.16. The Morgan fingerprint density at radius 2 is 1.96 bits per heavy atom. The molecule has 1 heterocycles. The number of hydrogen-bond acceptors (Lipinski definition) is 4. The summed E-state index contributed by atoms with van der Waals surface area (Å²) >= 11 is 0. The van der Waals surface area contributed by atoms with Crippen LogP contribution in [0.1, 0.15) is 16.7 Å². The van der Waals surface area contributed by atoms with E-state index in [0.717, 1.165) is 34.7 Å². The summed E-state index contributed by atoms with van der Waals surface area (Å²) in [4.78, 5) is 12.5. The molecule has 4 heteroatoms. The van der Waals surface area contributed by atoms with Crippen molar-refractivity contribution in [2.75, 3.05) is 19.5 Å². The molecule has 124 valence electrons. The van der Waals surface area contributed by atoms with Gasteiger partial charge in [-0.25, -0.2) is 0 Å². The molecule has 2 aromatic rings. The van der Waals surface area contributed by atoms with Crippen molar-refractivity contribution in [1.82, 2.24) is 0 Å². The van der Waals surface area contributed by atoms with Crippen molar-refractivity contribution in [3.63, 3.8) is 0 Å². The number of nitrogens with one attached hydrogen (secondary N) is 1. The Labute approximate surface area is 142 Å². The largest absolute Gasteiger partial charge is 0.497 e. The van der Waals surface area contributed by atoms with Gasteiger partial charge >= 0.3 is 0 Å². The van der Waals surface area contributed by atoms with Crippen molar-refractivity contribution >= 4 is 11.5 Å². The fourth-order valence-electron chi connectivity index (χ4n) is 3.01. The van der Waals surface area contributed by atoms with Gasteiger partial charge in [-0.1, -0.05) is 18.7 Å². The van der Waals surface area contributed by atoms with Crippen LogP contribution in [0.4, 0.5) is 5.69 Å². The molecule has 0 radical (unpaired) electrons. The highest BCUT2D eigenvalue weighted by atomic mass is 16.5. The zero-order valence-corrected chi connectivity index (χ0v) is 14.0. The van der Waals surface area contributed by atoms with Crippen molar-refractivity contribution in [2.45, 2.75) is 19.3 Å². The number of fused-ring (bicyclic) bond motifs is 1. The van der Waals surface area contributed by atoms with E-state index >= 15 is 0 Å². The van der Waals surface area contributed by atoms with Gasteiger partial charge in [0.2, 0.25) is 0 Å². The van der Waals surface area contributed by atoms with E-state index in [1.165, 1.54) is 5.56 Å². The molecule has 2 aromatic carbocycles. The van der Waals surface area contributed by atoms with Gasteiger partial charge in [0, 0.05) is 36.2 Å². The third kappa shape index (κ3) is 3.43. The van der Waals surface area contributed by atoms with Crippen LogP contribution in [0.3, 0.4) is 0 Å². The smallest absolute Gasteiger partial charge is 0.141 e. The quantitative estimate of drug-likeness (QED) is 0.883. The minimum atomic E-state index is 0.145. The van der Waals surface area contributed by atoms with E-state index in [2.05, 4.69) is 18.0 Å². The molecule has 0 spiro atoms. The summed E-state index contributed by atoms with van der Waals surface area (Å²) in [6, 6.07) is 11.6. The maximum atomic E-state index is 12.5. The molecule has 0 atom stereocenters. The fourth-order valence-corrected chi connectivity index (χ4v) is 3.01. The molecule has 0 saturated heterocycles. The highest BCUT2D eigenvalue weighted by molar-refractivity contribution is 5.84. The number of benzene rings is 2. The minimum absolute atomic E-state index is 0.145. The van der Waals surface area contributed by atoms with Gasteiger partial charge in [-0.2, -0.15) is 0 Å². The molecule has 3 rings (SSSR count). The molecule has 0 saturated carbocycles. The molecule has 24 heavy (non-hydrogen) atoms. The first-order chi connectivity index (χ1) is 11.6. The number of carbonyl (C=O) groups excluding carboxylic acids is 1. The summed E-state index contributed by atoms with van der Waals surface area (Å²) in [6.07, 6.45) is 1.55. The van der Waals surface area contributed by atoms with E-state index in [0.29, 0.717) is 18.6 Å². The van der Waals surface area contributed by atoms with E-state index in [1.54, 1.807) is 14.2 Å². The number of ether oxygens (including phenoxy) is 2. The first-order valence-corrected chi connectivity index (χ1v) is 7.88. The number of allylic oxidation sites excluding steroid dienone is 1. The van der Waals surface area contributed by atoms with Gasteiger partial charge in [-0.15, -0.1) is 0 Å². The van der Waals surface area contributed by atoms with Crippen molar-refractivity contribution in [1.29, 1.82) is 0 Å². The lowest BCUT2D eigenvalue weighted by molar-refractivity contribution is -0.117. The van der Waals surface area contributed by atoms with Crippen LogP contribution in [0.15, 0.2) is 48.7 Å². The van der Waals surface area contributed by atoms with E-state index in [-0.39, 0.29) is 5.78 Å². The van der Waals surface area contributed by atoms with E-state index in [1.807, 2.05) is 30.3 Å². The summed E-state index contributed by atoms with van der Waals surface area (Å²) in [6.45, 7) is 3.95. The summed E-state index contributed by atoms with van der Waals surface area (Å²) in [5.74, 6) is 1.57. The maximum Gasteiger partial charge on any atom is 0.141 e. The van der Waals surface area contributed by atoms with Crippen molar-refractivity contribution in [2.24, 2.45) is 0 Å². The summed E-state index contributed by atoms with van der Waals surface area (Å²) in [5.41, 5.74) is 5.15. The van der Waals surface area contributed by atoms with Crippen LogP contribution < -0.4 is 14.8 Å². The highest BCUT2D eigenvalue weighted by Gasteiger charge is 2.15. The van der Waals surface area contributed by atoms with Gasteiger partial charge in [0.25, 0.3) is 0 Å². The number of methoxy groups -OCH3 is 2. The predicted octanol–water partition coefficient (Wildman–Crippen LogP) is 3.54. The Hall–Kier alpha value is -2.75. The molecule has 0 aliphatic carbocycles. The van der Waals surface area contributed by atoms with Crippen molar-refractivity contribution in [3.8, 4) is 11.5 Å². The molecule has 0 bridgehead atoms. The molecule has 0 aromatic heterocycles. The standard InChI is InChI=1S/C20H21NO3/c1-13-8-15-9-14(4-6-19(15)21-13)10-17(22)11-16-12-18(23-2)5-7-20(16)24-3/h4-7,9,12,21H,1,8,10-11H2,2-3H3. The second kappa shape index (κ2) is 6.79. The molecule has 0 unspecified atom stereocenters. The molecule has 0 fully saturated rings. The van der Waals surface area contributed by atoms with Gasteiger partial charge in [0.15, 0.2) is 0 Å². The molecule has 1 aliphatic rings. The lowest BCUT2D eigenvalue weighted by atomic mass is 9.99. The predicted molar refractivity (Wildman–Crippen MR) is 94.9 cm³/mol. The number of Topliss-reactive ketones (excluding diaryl/α,β-unsaturated/α-hetero) is 1. The van der Waals surface area contributed by atoms with Crippen LogP contribution in [0.2, 0.25) is 0 Å². The van der Waals surface area contributed by atoms with Crippen LogP contribution in [0.5, 0.6) is 11.5 Å². The first-order valence-electron chi connectivity index (χ1n) is 7.88. The third-order valence-corrected chi connectivity index (χ3v) is 4.16. The zero-order valence-electron chi connectivity index (χ0n) is 14.0. The molecular weight excluding hydrogens is 302 g/mol. The average Bonchev–Trinajstić information content (AvgIpc) is 2.94. The van der Waals surface area contributed by atoms with E-state index in [4.69, 9.17) is 9.47 Å². The van der Waals surface area contributed by atoms with Crippen LogP contribution in [0, 0.1) is 0 Å². The fraction of sp³-hybridized carbons (Fsp3) is 0.250. The summed E-state index contributed by atoms with van der Waals surface area (Å²) in [7, 11) is 3.22. The second-order valence-corrected chi connectivity index (χ2v) is 5.97. The number of carbonyl (C=O) groups is 1. The topological polar surface area (TPSA) is 47.6 Å². The molecule has 1 aliphatic heterocycles. The Kier molecular flexibility index (Phi) is 4.56. The van der Waals surface area contributed by atoms with Crippen molar-refractivity contribution in [3.05, 3.63) is 65.4 Å². The van der Waals surface area contributed by atoms with Crippen LogP contribution in [-0.2, 0) is 24.1 Å². The second-order valence-electron chi connectivity index (χ2n) is 5.97. The number of ketones is 1. The first kappa shape index (κ1) is 16.1. The Balaban J connectivity index is 1.72. The molecular formula is C20H21NO3. The summed E-state index contributed by atoms with van der Waals surface area (Å²) in [5, 5.41) is 3.24. The molecule has 4 nitrogen and oxygen atoms in total. The van der Waals surface area contributed by atoms with Gasteiger partial charge in [-0.3, -0.25) is 4.79 Å². The van der Waals surface area contributed by atoms with Crippen LogP contribution in [0.25, 0.3) is 0 Å².